The van der Waals surface area contributed by atoms with Gasteiger partial charge in [0.25, 0.3) is 0 Å². The summed E-state index contributed by atoms with van der Waals surface area (Å²) in [4.78, 5) is 24.3. The molecule has 2 amide bonds. The summed E-state index contributed by atoms with van der Waals surface area (Å²) in [7, 11) is 0. The summed E-state index contributed by atoms with van der Waals surface area (Å²) < 4.78 is 1.08. The van der Waals surface area contributed by atoms with Crippen molar-refractivity contribution in [3.63, 3.8) is 0 Å². The molecule has 0 aliphatic heterocycles. The van der Waals surface area contributed by atoms with Crippen LogP contribution in [0.4, 0.5) is 0 Å². The van der Waals surface area contributed by atoms with E-state index in [1.165, 1.54) is 4.88 Å². The molecule has 120 valence electrons. The van der Waals surface area contributed by atoms with Gasteiger partial charge in [0.15, 0.2) is 0 Å². The Balaban J connectivity index is 0.00000400. The van der Waals surface area contributed by atoms with Crippen LogP contribution in [-0.4, -0.2) is 30.9 Å². The van der Waals surface area contributed by atoms with E-state index in [1.807, 2.05) is 26.0 Å². The Morgan fingerprint density at radius 3 is 2.52 bits per heavy atom. The normalized spacial score (nSPS) is 11.7. The van der Waals surface area contributed by atoms with Crippen molar-refractivity contribution in [2.24, 2.45) is 11.7 Å². The maximum Gasteiger partial charge on any atom is 0.239 e. The van der Waals surface area contributed by atoms with Crippen LogP contribution in [0.1, 0.15) is 18.7 Å². The van der Waals surface area contributed by atoms with Gasteiger partial charge in [-0.2, -0.15) is 0 Å². The second-order valence-electron chi connectivity index (χ2n) is 4.79. The minimum Gasteiger partial charge on any atom is -0.354 e. The summed E-state index contributed by atoms with van der Waals surface area (Å²) in [6, 6.07) is 3.42. The Labute approximate surface area is 143 Å². The number of amides is 2. The fourth-order valence-electron chi connectivity index (χ4n) is 1.46. The second kappa shape index (κ2) is 10.2. The van der Waals surface area contributed by atoms with Gasteiger partial charge in [0.05, 0.1) is 16.4 Å². The number of nitrogens with one attached hydrogen (secondary N) is 2. The van der Waals surface area contributed by atoms with E-state index in [-0.39, 0.29) is 36.7 Å². The largest absolute Gasteiger partial charge is 0.354 e. The van der Waals surface area contributed by atoms with Crippen molar-refractivity contribution >= 4 is 51.5 Å². The van der Waals surface area contributed by atoms with Gasteiger partial charge < -0.3 is 16.4 Å². The number of carbonyl (C=O) groups is 2. The van der Waals surface area contributed by atoms with Crippen molar-refractivity contribution in [3.8, 4) is 0 Å². The molecule has 1 aromatic heterocycles. The number of thiophene rings is 1. The van der Waals surface area contributed by atoms with Crippen LogP contribution in [0, 0.1) is 5.92 Å². The van der Waals surface area contributed by atoms with Gasteiger partial charge in [0, 0.05) is 11.4 Å². The molecule has 0 saturated heterocycles. The fraction of sp³-hybridized carbons (Fsp3) is 0.538. The number of hydrogen-bond donors (Lipinski definition) is 3. The molecule has 0 unspecified atom stereocenters. The lowest BCUT2D eigenvalue weighted by molar-refractivity contribution is -0.127. The molecule has 0 saturated carbocycles. The van der Waals surface area contributed by atoms with Crippen LogP contribution in [0.15, 0.2) is 15.9 Å². The minimum atomic E-state index is -0.578. The van der Waals surface area contributed by atoms with Crippen molar-refractivity contribution < 1.29 is 9.59 Å². The zero-order valence-corrected chi connectivity index (χ0v) is 15.2. The van der Waals surface area contributed by atoms with Crippen LogP contribution in [0.5, 0.6) is 0 Å². The molecule has 21 heavy (non-hydrogen) atoms. The third-order valence-electron chi connectivity index (χ3n) is 2.77. The van der Waals surface area contributed by atoms with Gasteiger partial charge >= 0.3 is 0 Å². The maximum atomic E-state index is 11.6. The van der Waals surface area contributed by atoms with Gasteiger partial charge in [-0.05, 0) is 40.4 Å². The number of halogens is 2. The summed E-state index contributed by atoms with van der Waals surface area (Å²) in [5, 5.41) is 5.30. The highest BCUT2D eigenvalue weighted by atomic mass is 79.9. The van der Waals surface area contributed by atoms with Gasteiger partial charge in [-0.1, -0.05) is 13.8 Å². The zero-order valence-electron chi connectivity index (χ0n) is 12.0. The van der Waals surface area contributed by atoms with Crippen molar-refractivity contribution in [2.75, 3.05) is 13.1 Å². The lowest BCUT2D eigenvalue weighted by Crippen LogP contribution is -2.47. The highest BCUT2D eigenvalue weighted by Crippen LogP contribution is 2.21. The van der Waals surface area contributed by atoms with Crippen LogP contribution in [0.25, 0.3) is 0 Å². The average molecular weight is 399 g/mol. The SMILES string of the molecule is CC(C)[C@H](N)C(=O)NCC(=O)NCCc1ccc(Br)s1.Cl. The minimum absolute atomic E-state index is 0. The third-order valence-corrected chi connectivity index (χ3v) is 4.45. The molecule has 0 spiro atoms. The summed E-state index contributed by atoms with van der Waals surface area (Å²) in [5.74, 6) is -0.447. The molecule has 4 N–H and O–H groups in total. The Kier molecular flexibility index (Phi) is 9.85. The number of carbonyl (C=O) groups excluding carboxylic acids is 2. The first-order valence-corrected chi connectivity index (χ1v) is 8.05. The molecule has 1 rings (SSSR count). The lowest BCUT2D eigenvalue weighted by Gasteiger charge is -2.15. The van der Waals surface area contributed by atoms with E-state index >= 15 is 0 Å². The van der Waals surface area contributed by atoms with Gasteiger partial charge in [0.2, 0.25) is 11.8 Å². The first-order chi connectivity index (χ1) is 9.40. The maximum absolute atomic E-state index is 11.6. The molecule has 0 bridgehead atoms. The van der Waals surface area contributed by atoms with Crippen LogP contribution < -0.4 is 16.4 Å². The van der Waals surface area contributed by atoms with Gasteiger partial charge in [-0.25, -0.2) is 0 Å². The van der Waals surface area contributed by atoms with Gasteiger partial charge in [-0.15, -0.1) is 23.7 Å². The topological polar surface area (TPSA) is 84.2 Å². The van der Waals surface area contributed by atoms with E-state index in [4.69, 9.17) is 5.73 Å². The predicted molar refractivity (Wildman–Crippen MR) is 91.8 cm³/mol. The molecule has 0 aliphatic rings. The smallest absolute Gasteiger partial charge is 0.239 e. The molecule has 5 nitrogen and oxygen atoms in total. The number of rotatable bonds is 7. The third kappa shape index (κ3) is 7.80. The predicted octanol–water partition coefficient (Wildman–Crippen LogP) is 1.69. The molecular weight excluding hydrogens is 378 g/mol. The van der Waals surface area contributed by atoms with E-state index in [2.05, 4.69) is 26.6 Å². The molecule has 0 fully saturated rings. The Morgan fingerprint density at radius 1 is 1.33 bits per heavy atom. The van der Waals surface area contributed by atoms with Crippen LogP contribution in [-0.2, 0) is 16.0 Å². The van der Waals surface area contributed by atoms with E-state index in [0.717, 1.165) is 10.2 Å². The summed E-state index contributed by atoms with van der Waals surface area (Å²) in [5.41, 5.74) is 5.68. The van der Waals surface area contributed by atoms with Crippen molar-refractivity contribution in [1.82, 2.24) is 10.6 Å². The van der Waals surface area contributed by atoms with Crippen LogP contribution >= 0.6 is 39.7 Å². The number of hydrogen-bond acceptors (Lipinski definition) is 4. The fourth-order valence-corrected chi connectivity index (χ4v) is 2.94. The monoisotopic (exact) mass is 397 g/mol. The molecule has 1 heterocycles. The summed E-state index contributed by atoms with van der Waals surface area (Å²) in [6.07, 6.45) is 0.779. The van der Waals surface area contributed by atoms with Gasteiger partial charge in [0.1, 0.15) is 0 Å². The van der Waals surface area contributed by atoms with Gasteiger partial charge in [-0.3, -0.25) is 9.59 Å². The standard InChI is InChI=1S/C13H20BrN3O2S.ClH/c1-8(2)12(15)13(19)17-7-11(18)16-6-5-9-3-4-10(14)20-9;/h3-4,8,12H,5-7,15H2,1-2H3,(H,16,18)(H,17,19);1H/t12-;/m0./s1. The Bertz CT molecular complexity index is 468. The highest BCUT2D eigenvalue weighted by molar-refractivity contribution is 9.11. The van der Waals surface area contributed by atoms with Crippen LogP contribution in [0.2, 0.25) is 0 Å². The molecular formula is C13H21BrClN3O2S. The first kappa shape index (κ1) is 20.4. The van der Waals surface area contributed by atoms with Crippen LogP contribution in [0.3, 0.4) is 0 Å². The van der Waals surface area contributed by atoms with Crippen molar-refractivity contribution in [2.45, 2.75) is 26.3 Å². The molecule has 1 aromatic rings. The quantitative estimate of drug-likeness (QED) is 0.653. The molecule has 1 atom stereocenters. The molecule has 8 heteroatoms. The van der Waals surface area contributed by atoms with E-state index < -0.39 is 6.04 Å². The highest BCUT2D eigenvalue weighted by Gasteiger charge is 2.17. The van der Waals surface area contributed by atoms with Crippen molar-refractivity contribution in [1.29, 1.82) is 0 Å². The summed E-state index contributed by atoms with van der Waals surface area (Å²) in [6.45, 7) is 4.25. The Morgan fingerprint density at radius 2 is 2.00 bits per heavy atom. The zero-order chi connectivity index (χ0) is 15.1. The van der Waals surface area contributed by atoms with E-state index in [0.29, 0.717) is 6.54 Å². The summed E-state index contributed by atoms with van der Waals surface area (Å²) >= 11 is 5.03. The van der Waals surface area contributed by atoms with Crippen molar-refractivity contribution in [3.05, 3.63) is 20.8 Å². The lowest BCUT2D eigenvalue weighted by atomic mass is 10.1. The molecule has 0 aromatic carbocycles. The first-order valence-electron chi connectivity index (χ1n) is 6.44. The average Bonchev–Trinajstić information content (AvgIpc) is 2.80. The number of nitrogens with two attached hydrogens (primary N) is 1. The second-order valence-corrected chi connectivity index (χ2v) is 7.34. The van der Waals surface area contributed by atoms with E-state index in [9.17, 15) is 9.59 Å². The Hall–Kier alpha value is -0.630. The molecule has 0 aliphatic carbocycles. The van der Waals surface area contributed by atoms with E-state index in [1.54, 1.807) is 11.3 Å². The molecule has 0 radical (unpaired) electrons.